The van der Waals surface area contributed by atoms with E-state index in [1.807, 2.05) is 5.06 Å². The summed E-state index contributed by atoms with van der Waals surface area (Å²) in [6.45, 7) is 2.89. The van der Waals surface area contributed by atoms with E-state index in [-0.39, 0.29) is 23.1 Å². The fraction of sp³-hybridized carbons (Fsp3) is 0.310. The van der Waals surface area contributed by atoms with Crippen LogP contribution in [0.15, 0.2) is 71.7 Å². The van der Waals surface area contributed by atoms with Crippen molar-refractivity contribution in [3.8, 4) is 11.4 Å². The lowest BCUT2D eigenvalue weighted by Crippen LogP contribution is -2.45. The van der Waals surface area contributed by atoms with Crippen LogP contribution in [0.1, 0.15) is 29.5 Å². The van der Waals surface area contributed by atoms with Gasteiger partial charge in [-0.1, -0.05) is 12.1 Å². The minimum absolute atomic E-state index is 0.132. The number of pyridine rings is 2. The number of rotatable bonds is 5. The Balaban J connectivity index is 1.17. The molecule has 0 radical (unpaired) electrons. The van der Waals surface area contributed by atoms with Gasteiger partial charge in [0.1, 0.15) is 11.5 Å². The van der Waals surface area contributed by atoms with E-state index in [2.05, 4.69) is 9.88 Å². The third-order valence-electron chi connectivity index (χ3n) is 7.50. The standard InChI is InChI=1S/C29H26F4N4O2/c30-23-7-6-21-18-36(39-26(21)17-23)24-9-13-35(14-10-24)12-8-20-15-19-3-2-11-34-27(19)37(28(20)38)25-5-1-4-22(16-25)29(31,32)33/h1-7,11,15-17,24H,8-10,12-14,18H2. The third kappa shape index (κ3) is 5.14. The smallest absolute Gasteiger partial charge is 0.405 e. The Labute approximate surface area is 222 Å². The van der Waals surface area contributed by atoms with E-state index < -0.39 is 11.7 Å². The summed E-state index contributed by atoms with van der Waals surface area (Å²) in [6.07, 6.45) is -0.808. The molecule has 2 aromatic heterocycles. The van der Waals surface area contributed by atoms with E-state index in [0.717, 1.165) is 43.6 Å². The molecule has 0 spiro atoms. The van der Waals surface area contributed by atoms with Crippen LogP contribution in [-0.4, -0.2) is 45.2 Å². The lowest BCUT2D eigenvalue weighted by Gasteiger charge is -2.35. The maximum atomic E-state index is 13.5. The van der Waals surface area contributed by atoms with Crippen LogP contribution in [0.5, 0.6) is 5.75 Å². The number of alkyl halides is 3. The van der Waals surface area contributed by atoms with Crippen LogP contribution < -0.4 is 10.4 Å². The highest BCUT2D eigenvalue weighted by Gasteiger charge is 2.32. The highest BCUT2D eigenvalue weighted by atomic mass is 19.4. The Morgan fingerprint density at radius 2 is 1.82 bits per heavy atom. The molecule has 10 heteroatoms. The number of halogens is 4. The number of nitrogens with zero attached hydrogens (tertiary/aromatic N) is 4. The number of benzene rings is 2. The van der Waals surface area contributed by atoms with Crippen molar-refractivity contribution in [2.24, 2.45) is 0 Å². The second-order valence-electron chi connectivity index (χ2n) is 10.0. The first-order valence-corrected chi connectivity index (χ1v) is 12.9. The molecule has 4 aromatic rings. The molecule has 4 heterocycles. The Morgan fingerprint density at radius 1 is 1.00 bits per heavy atom. The summed E-state index contributed by atoms with van der Waals surface area (Å²) in [7, 11) is 0. The van der Waals surface area contributed by atoms with Crippen LogP contribution in [-0.2, 0) is 19.1 Å². The van der Waals surface area contributed by atoms with Crippen molar-refractivity contribution < 1.29 is 22.4 Å². The summed E-state index contributed by atoms with van der Waals surface area (Å²) in [6, 6.07) is 14.9. The summed E-state index contributed by atoms with van der Waals surface area (Å²) in [5.41, 5.74) is 0.757. The van der Waals surface area contributed by atoms with Crippen molar-refractivity contribution in [1.29, 1.82) is 0 Å². The van der Waals surface area contributed by atoms with Gasteiger partial charge in [-0.15, -0.1) is 5.06 Å². The summed E-state index contributed by atoms with van der Waals surface area (Å²) >= 11 is 0. The second-order valence-corrected chi connectivity index (χ2v) is 10.0. The fourth-order valence-corrected chi connectivity index (χ4v) is 5.42. The first-order chi connectivity index (χ1) is 18.8. The van der Waals surface area contributed by atoms with Crippen molar-refractivity contribution >= 4 is 11.0 Å². The van der Waals surface area contributed by atoms with E-state index in [1.165, 1.54) is 35.0 Å². The van der Waals surface area contributed by atoms with E-state index in [9.17, 15) is 22.4 Å². The van der Waals surface area contributed by atoms with E-state index in [4.69, 9.17) is 4.84 Å². The predicted octanol–water partition coefficient (Wildman–Crippen LogP) is 5.36. The van der Waals surface area contributed by atoms with E-state index >= 15 is 0 Å². The third-order valence-corrected chi connectivity index (χ3v) is 7.50. The van der Waals surface area contributed by atoms with Crippen molar-refractivity contribution in [3.63, 3.8) is 0 Å². The zero-order valence-corrected chi connectivity index (χ0v) is 21.0. The van der Waals surface area contributed by atoms with Crippen molar-refractivity contribution in [3.05, 3.63) is 99.7 Å². The van der Waals surface area contributed by atoms with Gasteiger partial charge in [0.2, 0.25) is 0 Å². The van der Waals surface area contributed by atoms with Gasteiger partial charge in [0.05, 0.1) is 17.8 Å². The Hall–Kier alpha value is -3.76. The van der Waals surface area contributed by atoms with Gasteiger partial charge in [-0.25, -0.2) is 9.37 Å². The lowest BCUT2D eigenvalue weighted by atomic mass is 10.0. The molecule has 0 N–H and O–H groups in total. The van der Waals surface area contributed by atoms with Gasteiger partial charge in [0.15, 0.2) is 5.75 Å². The van der Waals surface area contributed by atoms with Gasteiger partial charge < -0.3 is 9.74 Å². The first-order valence-electron chi connectivity index (χ1n) is 12.9. The Morgan fingerprint density at radius 3 is 2.62 bits per heavy atom. The zero-order chi connectivity index (χ0) is 27.1. The van der Waals surface area contributed by atoms with Crippen LogP contribution in [0.4, 0.5) is 17.6 Å². The number of hydrogen-bond acceptors (Lipinski definition) is 5. The number of hydroxylamine groups is 2. The molecule has 39 heavy (non-hydrogen) atoms. The van der Waals surface area contributed by atoms with Gasteiger partial charge in [-0.05, 0) is 74.8 Å². The topological polar surface area (TPSA) is 50.6 Å². The molecule has 1 saturated heterocycles. The van der Waals surface area contributed by atoms with E-state index in [0.29, 0.717) is 41.9 Å². The summed E-state index contributed by atoms with van der Waals surface area (Å²) in [4.78, 5) is 26.0. The molecular formula is C29H26F4N4O2. The van der Waals surface area contributed by atoms with Gasteiger partial charge in [-0.2, -0.15) is 13.2 Å². The van der Waals surface area contributed by atoms with Crippen molar-refractivity contribution in [2.45, 2.75) is 38.0 Å². The molecule has 0 unspecified atom stereocenters. The summed E-state index contributed by atoms with van der Waals surface area (Å²) < 4.78 is 54.9. The molecule has 2 aliphatic heterocycles. The number of piperidine rings is 1. The molecule has 2 aliphatic rings. The molecule has 0 bridgehead atoms. The highest BCUT2D eigenvalue weighted by Crippen LogP contribution is 2.33. The average molecular weight is 539 g/mol. The monoisotopic (exact) mass is 538 g/mol. The van der Waals surface area contributed by atoms with E-state index in [1.54, 1.807) is 24.3 Å². The van der Waals surface area contributed by atoms with Crippen LogP contribution in [0, 0.1) is 5.82 Å². The molecule has 0 saturated carbocycles. The molecule has 6 rings (SSSR count). The highest BCUT2D eigenvalue weighted by molar-refractivity contribution is 5.77. The number of hydrogen-bond donors (Lipinski definition) is 0. The Kier molecular flexibility index (Phi) is 6.60. The fourth-order valence-electron chi connectivity index (χ4n) is 5.42. The SMILES string of the molecule is O=c1c(CCN2CCC(N3Cc4ccc(F)cc4O3)CC2)cc2cccnc2n1-c1cccc(C(F)(F)F)c1. The van der Waals surface area contributed by atoms with Crippen LogP contribution in [0.2, 0.25) is 0 Å². The molecule has 0 aliphatic carbocycles. The number of likely N-dealkylation sites (tertiary alicyclic amines) is 1. The minimum Gasteiger partial charge on any atom is -0.405 e. The van der Waals surface area contributed by atoms with Crippen LogP contribution in [0.3, 0.4) is 0 Å². The normalized spacial score (nSPS) is 16.9. The second kappa shape index (κ2) is 10.1. The maximum absolute atomic E-state index is 13.5. The van der Waals surface area contributed by atoms with Crippen molar-refractivity contribution in [1.82, 2.24) is 19.5 Å². The molecule has 202 valence electrons. The summed E-state index contributed by atoms with van der Waals surface area (Å²) in [5.74, 6) is 0.252. The molecule has 0 atom stereocenters. The van der Waals surface area contributed by atoms with Crippen LogP contribution in [0.25, 0.3) is 16.7 Å². The van der Waals surface area contributed by atoms with Crippen molar-refractivity contribution in [2.75, 3.05) is 19.6 Å². The first kappa shape index (κ1) is 25.5. The van der Waals surface area contributed by atoms with Gasteiger partial charge in [-0.3, -0.25) is 9.36 Å². The lowest BCUT2D eigenvalue weighted by molar-refractivity contribution is -0.137. The molecule has 6 nitrogen and oxygen atoms in total. The Bertz CT molecular complexity index is 1580. The number of fused-ring (bicyclic) bond motifs is 2. The zero-order valence-electron chi connectivity index (χ0n) is 21.0. The van der Waals surface area contributed by atoms with Gasteiger partial charge in [0, 0.05) is 41.4 Å². The average Bonchev–Trinajstić information content (AvgIpc) is 3.35. The molecule has 0 amide bonds. The van der Waals surface area contributed by atoms with Gasteiger partial charge >= 0.3 is 6.18 Å². The summed E-state index contributed by atoms with van der Waals surface area (Å²) in [5, 5.41) is 2.61. The predicted molar refractivity (Wildman–Crippen MR) is 138 cm³/mol. The molecule has 1 fully saturated rings. The molecular weight excluding hydrogens is 512 g/mol. The maximum Gasteiger partial charge on any atom is 0.416 e. The minimum atomic E-state index is -4.52. The quantitative estimate of drug-likeness (QED) is 0.320. The molecule has 2 aromatic carbocycles. The van der Waals surface area contributed by atoms with Gasteiger partial charge in [0.25, 0.3) is 5.56 Å². The number of aromatic nitrogens is 2. The largest absolute Gasteiger partial charge is 0.416 e. The van der Waals surface area contributed by atoms with Crippen LogP contribution >= 0.6 is 0 Å².